The number of hydrogen-bond donors (Lipinski definition) is 0. The number of rotatable bonds is 0. The molecule has 0 aliphatic heterocycles. The average molecular weight is 170 g/mol. The second-order valence-corrected chi connectivity index (χ2v) is 3.65. The Bertz CT molecular complexity index is 322. The van der Waals surface area contributed by atoms with Crippen LogP contribution < -0.4 is 0 Å². The van der Waals surface area contributed by atoms with Crippen LogP contribution in [0.25, 0.3) is 10.2 Å². The van der Waals surface area contributed by atoms with Gasteiger partial charge in [-0.15, -0.1) is 11.3 Å². The lowest BCUT2D eigenvalue weighted by molar-refractivity contribution is 1.43. The zero-order valence-corrected chi connectivity index (χ0v) is 6.62. The van der Waals surface area contributed by atoms with Gasteiger partial charge in [0.2, 0.25) is 0 Å². The van der Waals surface area contributed by atoms with Gasteiger partial charge in [0, 0.05) is 6.20 Å². The normalized spacial score (nSPS) is 10.5. The van der Waals surface area contributed by atoms with Crippen molar-refractivity contribution in [3.63, 3.8) is 0 Å². The van der Waals surface area contributed by atoms with Crippen LogP contribution in [0.1, 0.15) is 0 Å². The Morgan fingerprint density at radius 3 is 3.20 bits per heavy atom. The quantitative estimate of drug-likeness (QED) is 0.591. The summed E-state index contributed by atoms with van der Waals surface area (Å²) < 4.78 is 1.95. The molecule has 0 aromatic carbocycles. The Morgan fingerprint density at radius 1 is 1.50 bits per heavy atom. The van der Waals surface area contributed by atoms with E-state index in [9.17, 15) is 0 Å². The molecule has 0 radical (unpaired) electrons. The molecule has 2 aromatic heterocycles. The van der Waals surface area contributed by atoms with Gasteiger partial charge in [-0.05, 0) is 18.2 Å². The van der Waals surface area contributed by atoms with E-state index in [1.165, 1.54) is 0 Å². The van der Waals surface area contributed by atoms with Crippen LogP contribution in [0.5, 0.6) is 0 Å². The van der Waals surface area contributed by atoms with Gasteiger partial charge in [-0.2, -0.15) is 0 Å². The SMILES string of the molecule is Clc1cc2ncccc2s1. The van der Waals surface area contributed by atoms with E-state index in [0.717, 1.165) is 14.6 Å². The third kappa shape index (κ3) is 0.895. The molecule has 0 atom stereocenters. The largest absolute Gasteiger partial charge is 0.255 e. The second kappa shape index (κ2) is 2.22. The van der Waals surface area contributed by atoms with E-state index in [0.29, 0.717) is 0 Å². The van der Waals surface area contributed by atoms with Gasteiger partial charge in [-0.3, -0.25) is 4.98 Å². The first kappa shape index (κ1) is 6.13. The maximum absolute atomic E-state index is 5.76. The molecule has 0 unspecified atom stereocenters. The molecule has 0 aliphatic carbocycles. The summed E-state index contributed by atoms with van der Waals surface area (Å²) in [5.74, 6) is 0. The summed E-state index contributed by atoms with van der Waals surface area (Å²) in [4.78, 5) is 4.13. The van der Waals surface area contributed by atoms with Gasteiger partial charge in [-0.25, -0.2) is 0 Å². The highest BCUT2D eigenvalue weighted by molar-refractivity contribution is 7.22. The maximum Gasteiger partial charge on any atom is 0.0956 e. The van der Waals surface area contributed by atoms with Crippen molar-refractivity contribution in [2.45, 2.75) is 0 Å². The lowest BCUT2D eigenvalue weighted by Crippen LogP contribution is -1.65. The fraction of sp³-hybridized carbons (Fsp3) is 0. The Kier molecular flexibility index (Phi) is 1.36. The minimum absolute atomic E-state index is 0.800. The van der Waals surface area contributed by atoms with Crippen molar-refractivity contribution >= 4 is 33.2 Å². The fourth-order valence-electron chi connectivity index (χ4n) is 0.839. The maximum atomic E-state index is 5.76. The monoisotopic (exact) mass is 169 g/mol. The summed E-state index contributed by atoms with van der Waals surface area (Å²) in [6.07, 6.45) is 1.77. The third-order valence-corrected chi connectivity index (χ3v) is 2.48. The summed E-state index contributed by atoms with van der Waals surface area (Å²) in [6.45, 7) is 0. The van der Waals surface area contributed by atoms with Crippen LogP contribution in [0.15, 0.2) is 24.4 Å². The lowest BCUT2D eigenvalue weighted by atomic mass is 10.4. The minimum atomic E-state index is 0.800. The summed E-state index contributed by atoms with van der Waals surface area (Å²) in [7, 11) is 0. The Morgan fingerprint density at radius 2 is 2.40 bits per heavy atom. The molecular weight excluding hydrogens is 166 g/mol. The standard InChI is InChI=1S/C7H4ClNS/c8-7-4-5-6(10-7)2-1-3-9-5/h1-4H. The molecule has 0 amide bonds. The van der Waals surface area contributed by atoms with Gasteiger partial charge >= 0.3 is 0 Å². The second-order valence-electron chi connectivity index (χ2n) is 1.94. The van der Waals surface area contributed by atoms with E-state index in [1.807, 2.05) is 18.2 Å². The van der Waals surface area contributed by atoms with E-state index in [-0.39, 0.29) is 0 Å². The molecule has 0 spiro atoms. The van der Waals surface area contributed by atoms with Crippen LogP contribution in [0.4, 0.5) is 0 Å². The summed E-state index contributed by atoms with van der Waals surface area (Å²) in [5.41, 5.74) is 0.984. The van der Waals surface area contributed by atoms with Gasteiger partial charge in [0.05, 0.1) is 14.6 Å². The summed E-state index contributed by atoms with van der Waals surface area (Å²) >= 11 is 7.32. The molecule has 0 saturated heterocycles. The molecule has 1 nitrogen and oxygen atoms in total. The van der Waals surface area contributed by atoms with Crippen LogP contribution in [-0.2, 0) is 0 Å². The van der Waals surface area contributed by atoms with Gasteiger partial charge in [0.1, 0.15) is 0 Å². The highest BCUT2D eigenvalue weighted by Gasteiger charge is 1.96. The summed E-state index contributed by atoms with van der Waals surface area (Å²) in [5, 5.41) is 0. The number of thiophene rings is 1. The molecular formula is C7H4ClNS. The number of pyridine rings is 1. The van der Waals surface area contributed by atoms with Gasteiger partial charge in [0.25, 0.3) is 0 Å². The first-order valence-corrected chi connectivity index (χ1v) is 4.06. The van der Waals surface area contributed by atoms with E-state index in [2.05, 4.69) is 4.98 Å². The lowest BCUT2D eigenvalue weighted by Gasteiger charge is -1.81. The average Bonchev–Trinajstić information content (AvgIpc) is 2.27. The molecule has 2 rings (SSSR count). The molecule has 0 aliphatic rings. The predicted molar refractivity (Wildman–Crippen MR) is 44.6 cm³/mol. The molecule has 0 bridgehead atoms. The first-order valence-electron chi connectivity index (χ1n) is 2.86. The molecule has 10 heavy (non-hydrogen) atoms. The van der Waals surface area contributed by atoms with Crippen molar-refractivity contribution in [3.05, 3.63) is 28.7 Å². The minimum Gasteiger partial charge on any atom is -0.255 e. The number of fused-ring (bicyclic) bond motifs is 1. The molecule has 0 fully saturated rings. The molecule has 50 valence electrons. The van der Waals surface area contributed by atoms with Crippen LogP contribution in [-0.4, -0.2) is 4.98 Å². The molecule has 0 saturated carbocycles. The third-order valence-electron chi connectivity index (χ3n) is 1.26. The van der Waals surface area contributed by atoms with Crippen molar-refractivity contribution in [1.29, 1.82) is 0 Å². The van der Waals surface area contributed by atoms with Crippen molar-refractivity contribution in [2.24, 2.45) is 0 Å². The smallest absolute Gasteiger partial charge is 0.0956 e. The zero-order chi connectivity index (χ0) is 6.97. The molecule has 3 heteroatoms. The van der Waals surface area contributed by atoms with Crippen LogP contribution >= 0.6 is 22.9 Å². The molecule has 0 N–H and O–H groups in total. The van der Waals surface area contributed by atoms with Gasteiger partial charge in [-0.1, -0.05) is 11.6 Å². The van der Waals surface area contributed by atoms with Crippen LogP contribution in [0.3, 0.4) is 0 Å². The Labute approximate surface area is 67.3 Å². The Balaban J connectivity index is 2.88. The van der Waals surface area contributed by atoms with Crippen molar-refractivity contribution in [1.82, 2.24) is 4.98 Å². The fourth-order valence-corrected chi connectivity index (χ4v) is 1.94. The van der Waals surface area contributed by atoms with E-state index >= 15 is 0 Å². The Hall–Kier alpha value is -0.600. The summed E-state index contributed by atoms with van der Waals surface area (Å²) in [6, 6.07) is 5.80. The number of hydrogen-bond acceptors (Lipinski definition) is 2. The highest BCUT2D eigenvalue weighted by Crippen LogP contribution is 2.26. The van der Waals surface area contributed by atoms with E-state index < -0.39 is 0 Å². The van der Waals surface area contributed by atoms with Crippen LogP contribution in [0.2, 0.25) is 4.34 Å². The zero-order valence-electron chi connectivity index (χ0n) is 5.04. The number of aromatic nitrogens is 1. The van der Waals surface area contributed by atoms with Gasteiger partial charge < -0.3 is 0 Å². The topological polar surface area (TPSA) is 12.9 Å². The van der Waals surface area contributed by atoms with Crippen molar-refractivity contribution in [2.75, 3.05) is 0 Å². The van der Waals surface area contributed by atoms with E-state index in [1.54, 1.807) is 17.5 Å². The molecule has 2 heterocycles. The van der Waals surface area contributed by atoms with Crippen LogP contribution in [0, 0.1) is 0 Å². The predicted octanol–water partition coefficient (Wildman–Crippen LogP) is 2.95. The van der Waals surface area contributed by atoms with E-state index in [4.69, 9.17) is 11.6 Å². The van der Waals surface area contributed by atoms with Crippen molar-refractivity contribution < 1.29 is 0 Å². The van der Waals surface area contributed by atoms with Crippen molar-refractivity contribution in [3.8, 4) is 0 Å². The first-order chi connectivity index (χ1) is 4.86. The number of nitrogens with zero attached hydrogens (tertiary/aromatic N) is 1. The molecule has 2 aromatic rings. The van der Waals surface area contributed by atoms with Gasteiger partial charge in [0.15, 0.2) is 0 Å². The number of halogens is 1. The highest BCUT2D eigenvalue weighted by atomic mass is 35.5.